The second-order valence-corrected chi connectivity index (χ2v) is 4.35. The molecule has 0 fully saturated rings. The third-order valence-electron chi connectivity index (χ3n) is 2.95. The molecule has 3 nitrogen and oxygen atoms in total. The molecule has 19 heavy (non-hydrogen) atoms. The molecule has 2 N–H and O–H groups in total. The highest BCUT2D eigenvalue weighted by atomic mass is 16.3. The maximum absolute atomic E-state index is 11.9. The first-order valence-electron chi connectivity index (χ1n) is 6.32. The summed E-state index contributed by atoms with van der Waals surface area (Å²) in [6.45, 7) is -0.0743. The summed E-state index contributed by atoms with van der Waals surface area (Å²) in [4.78, 5) is 11.9. The van der Waals surface area contributed by atoms with Crippen LogP contribution >= 0.6 is 0 Å². The Labute approximate surface area is 112 Å². The number of para-hydroxylation sites is 1. The summed E-state index contributed by atoms with van der Waals surface area (Å²) in [5, 5.41) is 12.0. The lowest BCUT2D eigenvalue weighted by molar-refractivity contribution is -0.116. The minimum atomic E-state index is -0.0743. The predicted molar refractivity (Wildman–Crippen MR) is 75.8 cm³/mol. The monoisotopic (exact) mass is 255 g/mol. The fourth-order valence-corrected chi connectivity index (χ4v) is 1.90. The van der Waals surface area contributed by atoms with E-state index in [0.717, 1.165) is 11.1 Å². The van der Waals surface area contributed by atoms with Crippen molar-refractivity contribution in [1.82, 2.24) is 0 Å². The molecule has 2 aromatic rings. The number of hydrogen-bond acceptors (Lipinski definition) is 2. The first-order valence-corrected chi connectivity index (χ1v) is 6.32. The smallest absolute Gasteiger partial charge is 0.224 e. The highest BCUT2D eigenvalue weighted by Gasteiger charge is 2.06. The highest BCUT2D eigenvalue weighted by Crippen LogP contribution is 2.15. The Hall–Kier alpha value is -2.13. The predicted octanol–water partition coefficient (Wildman–Crippen LogP) is 2.75. The average molecular weight is 255 g/mol. The van der Waals surface area contributed by atoms with Crippen molar-refractivity contribution < 1.29 is 9.90 Å². The Bertz CT molecular complexity index is 537. The summed E-state index contributed by atoms with van der Waals surface area (Å²) >= 11 is 0. The largest absolute Gasteiger partial charge is 0.392 e. The molecule has 0 heterocycles. The number of hydrogen-bond donors (Lipinski definition) is 2. The van der Waals surface area contributed by atoms with E-state index in [1.54, 1.807) is 12.1 Å². The van der Waals surface area contributed by atoms with E-state index in [2.05, 4.69) is 5.32 Å². The molecule has 2 aromatic carbocycles. The van der Waals surface area contributed by atoms with Crippen molar-refractivity contribution in [1.29, 1.82) is 0 Å². The SMILES string of the molecule is O=C(CCc1ccccc1)Nc1ccccc1CO. The molecule has 0 saturated carbocycles. The van der Waals surface area contributed by atoms with Crippen molar-refractivity contribution in [3.05, 3.63) is 65.7 Å². The highest BCUT2D eigenvalue weighted by molar-refractivity contribution is 5.91. The molecule has 0 radical (unpaired) electrons. The van der Waals surface area contributed by atoms with E-state index in [9.17, 15) is 9.90 Å². The van der Waals surface area contributed by atoms with Crippen LogP contribution in [0.1, 0.15) is 17.5 Å². The van der Waals surface area contributed by atoms with Gasteiger partial charge in [-0.1, -0.05) is 48.5 Å². The van der Waals surface area contributed by atoms with Crippen LogP contribution in [0.5, 0.6) is 0 Å². The van der Waals surface area contributed by atoms with Crippen molar-refractivity contribution in [3.8, 4) is 0 Å². The molecule has 2 rings (SSSR count). The van der Waals surface area contributed by atoms with Crippen molar-refractivity contribution in [2.24, 2.45) is 0 Å². The van der Waals surface area contributed by atoms with Gasteiger partial charge in [0.15, 0.2) is 0 Å². The van der Waals surface area contributed by atoms with Gasteiger partial charge in [-0.15, -0.1) is 0 Å². The van der Waals surface area contributed by atoms with Gasteiger partial charge in [0.25, 0.3) is 0 Å². The van der Waals surface area contributed by atoms with Gasteiger partial charge in [-0.2, -0.15) is 0 Å². The lowest BCUT2D eigenvalue weighted by atomic mass is 10.1. The van der Waals surface area contributed by atoms with E-state index in [1.165, 1.54) is 0 Å². The van der Waals surface area contributed by atoms with Crippen LogP contribution in [0.2, 0.25) is 0 Å². The fraction of sp³-hybridized carbons (Fsp3) is 0.188. The third-order valence-corrected chi connectivity index (χ3v) is 2.95. The van der Waals surface area contributed by atoms with E-state index < -0.39 is 0 Å². The molecule has 0 aliphatic heterocycles. The van der Waals surface area contributed by atoms with Crippen molar-refractivity contribution in [3.63, 3.8) is 0 Å². The molecule has 0 bridgehead atoms. The number of aliphatic hydroxyl groups excluding tert-OH is 1. The second-order valence-electron chi connectivity index (χ2n) is 4.35. The summed E-state index contributed by atoms with van der Waals surface area (Å²) in [5.41, 5.74) is 2.56. The van der Waals surface area contributed by atoms with Gasteiger partial charge in [-0.05, 0) is 18.1 Å². The molecule has 0 saturated heterocycles. The maximum Gasteiger partial charge on any atom is 0.224 e. The van der Waals surface area contributed by atoms with Crippen LogP contribution in [0.15, 0.2) is 54.6 Å². The van der Waals surface area contributed by atoms with Gasteiger partial charge in [0, 0.05) is 17.7 Å². The minimum Gasteiger partial charge on any atom is -0.392 e. The van der Waals surface area contributed by atoms with Crippen LogP contribution < -0.4 is 5.32 Å². The van der Waals surface area contributed by atoms with Gasteiger partial charge >= 0.3 is 0 Å². The Kier molecular flexibility index (Phi) is 4.70. The van der Waals surface area contributed by atoms with Crippen LogP contribution in [0, 0.1) is 0 Å². The number of nitrogens with one attached hydrogen (secondary N) is 1. The summed E-state index contributed by atoms with van der Waals surface area (Å²) in [6, 6.07) is 17.2. The first kappa shape index (κ1) is 13.3. The molecule has 0 aromatic heterocycles. The molecule has 1 amide bonds. The van der Waals surface area contributed by atoms with Gasteiger partial charge in [0.2, 0.25) is 5.91 Å². The zero-order valence-corrected chi connectivity index (χ0v) is 10.7. The number of carbonyl (C=O) groups is 1. The standard InChI is InChI=1S/C16H17NO2/c18-12-14-8-4-5-9-15(14)17-16(19)11-10-13-6-2-1-3-7-13/h1-9,18H,10-12H2,(H,17,19). The van der Waals surface area contributed by atoms with Gasteiger partial charge in [-0.25, -0.2) is 0 Å². The molecule has 3 heteroatoms. The minimum absolute atomic E-state index is 0.0373. The molecule has 0 atom stereocenters. The van der Waals surface area contributed by atoms with Gasteiger partial charge in [-0.3, -0.25) is 4.79 Å². The lowest BCUT2D eigenvalue weighted by Gasteiger charge is -2.09. The topological polar surface area (TPSA) is 49.3 Å². The zero-order valence-electron chi connectivity index (χ0n) is 10.7. The number of amides is 1. The Morgan fingerprint density at radius 3 is 2.42 bits per heavy atom. The van der Waals surface area contributed by atoms with Crippen LogP contribution in [0.25, 0.3) is 0 Å². The van der Waals surface area contributed by atoms with Crippen LogP contribution in [-0.2, 0) is 17.8 Å². The number of rotatable bonds is 5. The van der Waals surface area contributed by atoms with E-state index >= 15 is 0 Å². The molecule has 98 valence electrons. The number of aryl methyl sites for hydroxylation is 1. The Morgan fingerprint density at radius 1 is 1.00 bits per heavy atom. The quantitative estimate of drug-likeness (QED) is 0.863. The molecular weight excluding hydrogens is 238 g/mol. The van der Waals surface area contributed by atoms with Crippen molar-refractivity contribution in [2.45, 2.75) is 19.4 Å². The second kappa shape index (κ2) is 6.71. The normalized spacial score (nSPS) is 10.2. The summed E-state index contributed by atoms with van der Waals surface area (Å²) < 4.78 is 0. The maximum atomic E-state index is 11.9. The average Bonchev–Trinajstić information content (AvgIpc) is 2.47. The van der Waals surface area contributed by atoms with Crippen LogP contribution in [-0.4, -0.2) is 11.0 Å². The van der Waals surface area contributed by atoms with Crippen molar-refractivity contribution >= 4 is 11.6 Å². The van der Waals surface area contributed by atoms with Crippen LogP contribution in [0.4, 0.5) is 5.69 Å². The van der Waals surface area contributed by atoms with Gasteiger partial charge < -0.3 is 10.4 Å². The Morgan fingerprint density at radius 2 is 1.68 bits per heavy atom. The van der Waals surface area contributed by atoms with E-state index in [0.29, 0.717) is 18.5 Å². The molecule has 0 aliphatic carbocycles. The first-order chi connectivity index (χ1) is 9.29. The Balaban J connectivity index is 1.91. The summed E-state index contributed by atoms with van der Waals surface area (Å²) in [6.07, 6.45) is 1.15. The zero-order chi connectivity index (χ0) is 13.5. The molecular formula is C16H17NO2. The van der Waals surface area contributed by atoms with Crippen LogP contribution in [0.3, 0.4) is 0 Å². The third kappa shape index (κ3) is 3.93. The number of aliphatic hydroxyl groups is 1. The van der Waals surface area contributed by atoms with Crippen molar-refractivity contribution in [2.75, 3.05) is 5.32 Å². The fourth-order valence-electron chi connectivity index (χ4n) is 1.90. The van der Waals surface area contributed by atoms with Gasteiger partial charge in [0.05, 0.1) is 6.61 Å². The van der Waals surface area contributed by atoms with E-state index in [1.807, 2.05) is 42.5 Å². The summed E-state index contributed by atoms with van der Waals surface area (Å²) in [5.74, 6) is -0.0373. The molecule has 0 unspecified atom stereocenters. The number of anilines is 1. The van der Waals surface area contributed by atoms with E-state index in [-0.39, 0.29) is 12.5 Å². The van der Waals surface area contributed by atoms with Gasteiger partial charge in [0.1, 0.15) is 0 Å². The summed E-state index contributed by atoms with van der Waals surface area (Å²) in [7, 11) is 0. The number of carbonyl (C=O) groups excluding carboxylic acids is 1. The van der Waals surface area contributed by atoms with E-state index in [4.69, 9.17) is 0 Å². The lowest BCUT2D eigenvalue weighted by Crippen LogP contribution is -2.13. The number of benzene rings is 2. The molecule has 0 aliphatic rings. The molecule has 0 spiro atoms.